The van der Waals surface area contributed by atoms with Gasteiger partial charge in [-0.15, -0.1) is 12.4 Å². The van der Waals surface area contributed by atoms with E-state index in [2.05, 4.69) is 9.97 Å². The van der Waals surface area contributed by atoms with Crippen LogP contribution in [-0.4, -0.2) is 32.0 Å². The fourth-order valence-corrected chi connectivity index (χ4v) is 3.88. The Labute approximate surface area is 175 Å². The van der Waals surface area contributed by atoms with Crippen molar-refractivity contribution in [1.82, 2.24) is 19.5 Å². The fraction of sp³-hybridized carbons (Fsp3) is 0.429. The molecule has 1 aromatic carbocycles. The Kier molecular flexibility index (Phi) is 6.69. The lowest BCUT2D eigenvalue weighted by atomic mass is 9.89. The van der Waals surface area contributed by atoms with Crippen LogP contribution in [-0.2, 0) is 11.3 Å². The van der Waals surface area contributed by atoms with Gasteiger partial charge in [0.15, 0.2) is 11.3 Å². The highest BCUT2D eigenvalue weighted by atomic mass is 35.5. The monoisotopic (exact) mass is 415 g/mol. The highest BCUT2D eigenvalue weighted by molar-refractivity contribution is 5.92. The minimum Gasteiger partial charge on any atom is -0.478 e. The molecule has 0 saturated heterocycles. The summed E-state index contributed by atoms with van der Waals surface area (Å²) in [7, 11) is 0. The molecule has 2 heterocycles. The first-order chi connectivity index (χ1) is 13.7. The Bertz CT molecular complexity index is 1040. The van der Waals surface area contributed by atoms with E-state index >= 15 is 0 Å². The van der Waals surface area contributed by atoms with Crippen LogP contribution in [0.3, 0.4) is 0 Å². The van der Waals surface area contributed by atoms with Gasteiger partial charge in [-0.25, -0.2) is 14.8 Å². The molecule has 0 atom stereocenters. The second kappa shape index (κ2) is 9.22. The molecule has 0 aliphatic heterocycles. The quantitative estimate of drug-likeness (QED) is 0.483. The lowest BCUT2D eigenvalue weighted by molar-refractivity contribution is 0.319. The van der Waals surface area contributed by atoms with Crippen molar-refractivity contribution in [3.63, 3.8) is 0 Å². The lowest BCUT2D eigenvalue weighted by Crippen LogP contribution is -2.23. The first kappa shape index (κ1) is 21.0. The van der Waals surface area contributed by atoms with Crippen molar-refractivity contribution in [3.05, 3.63) is 46.5 Å². The smallest absolute Gasteiger partial charge is 0.328 e. The zero-order valence-corrected chi connectivity index (χ0v) is 17.3. The van der Waals surface area contributed by atoms with Crippen molar-refractivity contribution < 1.29 is 4.74 Å². The summed E-state index contributed by atoms with van der Waals surface area (Å²) >= 11 is 0. The number of halogens is 1. The van der Waals surface area contributed by atoms with Crippen molar-refractivity contribution >= 4 is 29.6 Å². The summed E-state index contributed by atoms with van der Waals surface area (Å²) in [4.78, 5) is 24.4. The zero-order valence-electron chi connectivity index (χ0n) is 16.5. The van der Waals surface area contributed by atoms with Crippen LogP contribution < -0.4 is 5.69 Å². The van der Waals surface area contributed by atoms with Gasteiger partial charge >= 0.3 is 5.69 Å². The predicted molar refractivity (Wildman–Crippen MR) is 116 cm³/mol. The molecule has 29 heavy (non-hydrogen) atoms. The highest BCUT2D eigenvalue weighted by Crippen LogP contribution is 2.26. The maximum atomic E-state index is 12.4. The van der Waals surface area contributed by atoms with E-state index in [1.807, 2.05) is 31.2 Å². The third-order valence-corrected chi connectivity index (χ3v) is 5.38. The molecule has 4 rings (SSSR count). The summed E-state index contributed by atoms with van der Waals surface area (Å²) in [6.45, 7) is 3.02. The maximum absolute atomic E-state index is 12.4. The third kappa shape index (κ3) is 4.50. The van der Waals surface area contributed by atoms with Crippen LogP contribution >= 0.6 is 12.4 Å². The first-order valence-corrected chi connectivity index (χ1v) is 9.93. The molecule has 3 aromatic rings. The molecule has 1 saturated carbocycles. The van der Waals surface area contributed by atoms with Crippen molar-refractivity contribution in [1.29, 1.82) is 5.41 Å². The molecule has 2 N–H and O–H groups in total. The number of rotatable bonds is 5. The van der Waals surface area contributed by atoms with Crippen molar-refractivity contribution in [2.45, 2.75) is 45.6 Å². The van der Waals surface area contributed by atoms with Crippen LogP contribution in [0.15, 0.2) is 35.3 Å². The van der Waals surface area contributed by atoms with E-state index in [1.165, 1.54) is 32.1 Å². The molecule has 1 aliphatic rings. The van der Waals surface area contributed by atoms with Gasteiger partial charge in [0.2, 0.25) is 5.90 Å². The second-order valence-electron chi connectivity index (χ2n) is 7.31. The Morgan fingerprint density at radius 1 is 1.24 bits per heavy atom. The number of aromatic amines is 1. The van der Waals surface area contributed by atoms with Gasteiger partial charge < -0.3 is 4.74 Å². The van der Waals surface area contributed by atoms with E-state index in [0.29, 0.717) is 36.1 Å². The largest absolute Gasteiger partial charge is 0.478 e. The van der Waals surface area contributed by atoms with Gasteiger partial charge in [0, 0.05) is 17.7 Å². The van der Waals surface area contributed by atoms with E-state index < -0.39 is 0 Å². The van der Waals surface area contributed by atoms with Crippen LogP contribution in [0.1, 0.15) is 44.6 Å². The average Bonchev–Trinajstić information content (AvgIpc) is 3.03. The normalized spacial score (nSPS) is 14.5. The van der Waals surface area contributed by atoms with Crippen molar-refractivity contribution in [3.8, 4) is 11.3 Å². The number of ether oxygens (including phenoxy) is 1. The van der Waals surface area contributed by atoms with E-state index in [0.717, 1.165) is 11.1 Å². The van der Waals surface area contributed by atoms with Crippen LogP contribution in [0, 0.1) is 11.3 Å². The number of nitrogens with zero attached hydrogens (tertiary/aromatic N) is 3. The second-order valence-corrected chi connectivity index (χ2v) is 7.31. The standard InChI is InChI=1S/C21H25N5O2.ClH/c1-2-28-18(22)16-10-8-15(9-11-16)17-12-23-19-20(24-17)26(21(27)25-19)13-14-6-4-3-5-7-14;/h8-12,14,22H,2-7,13H2,1H3,(H,23,25,27);1H. The molecule has 0 amide bonds. The van der Waals surface area contributed by atoms with Crippen LogP contribution in [0.2, 0.25) is 0 Å². The van der Waals surface area contributed by atoms with E-state index in [-0.39, 0.29) is 24.0 Å². The zero-order chi connectivity index (χ0) is 19.5. The van der Waals surface area contributed by atoms with Gasteiger partial charge in [0.25, 0.3) is 0 Å². The summed E-state index contributed by atoms with van der Waals surface area (Å²) in [5.41, 5.74) is 3.31. The van der Waals surface area contributed by atoms with Crippen LogP contribution in [0.25, 0.3) is 22.6 Å². The number of H-pyrrole nitrogens is 1. The minimum absolute atomic E-state index is 0. The number of hydrogen-bond acceptors (Lipinski definition) is 5. The number of fused-ring (bicyclic) bond motifs is 1. The van der Waals surface area contributed by atoms with Gasteiger partial charge in [0.1, 0.15) is 0 Å². The Morgan fingerprint density at radius 2 is 1.97 bits per heavy atom. The average molecular weight is 416 g/mol. The molecule has 1 fully saturated rings. The molecule has 7 nitrogen and oxygen atoms in total. The van der Waals surface area contributed by atoms with Gasteiger partial charge in [-0.1, -0.05) is 31.4 Å². The number of benzene rings is 1. The fourth-order valence-electron chi connectivity index (χ4n) is 3.88. The summed E-state index contributed by atoms with van der Waals surface area (Å²) < 4.78 is 6.97. The Morgan fingerprint density at radius 3 is 2.66 bits per heavy atom. The Balaban J connectivity index is 0.00000240. The molecule has 0 bridgehead atoms. The molecule has 0 unspecified atom stereocenters. The third-order valence-electron chi connectivity index (χ3n) is 5.38. The molecule has 8 heteroatoms. The molecular formula is C21H26ClN5O2. The maximum Gasteiger partial charge on any atom is 0.328 e. The van der Waals surface area contributed by atoms with Crippen molar-refractivity contribution in [2.75, 3.05) is 6.61 Å². The Hall–Kier alpha value is -2.67. The molecule has 154 valence electrons. The number of imidazole rings is 1. The van der Waals surface area contributed by atoms with E-state index in [9.17, 15) is 4.79 Å². The topological polar surface area (TPSA) is 96.6 Å². The van der Waals surface area contributed by atoms with Crippen molar-refractivity contribution in [2.24, 2.45) is 5.92 Å². The number of aromatic nitrogens is 4. The molecular weight excluding hydrogens is 390 g/mol. The van der Waals surface area contributed by atoms with Gasteiger partial charge in [-0.2, -0.15) is 0 Å². The number of nitrogens with one attached hydrogen (secondary N) is 2. The minimum atomic E-state index is -0.141. The predicted octanol–water partition coefficient (Wildman–Crippen LogP) is 4.15. The van der Waals surface area contributed by atoms with Gasteiger partial charge in [0.05, 0.1) is 18.5 Å². The van der Waals surface area contributed by atoms with Crippen LogP contribution in [0.5, 0.6) is 0 Å². The highest BCUT2D eigenvalue weighted by Gasteiger charge is 2.18. The van der Waals surface area contributed by atoms with E-state index in [4.69, 9.17) is 15.1 Å². The van der Waals surface area contributed by atoms with Gasteiger partial charge in [-0.05, 0) is 37.8 Å². The summed E-state index contributed by atoms with van der Waals surface area (Å²) in [5, 5.41) is 7.87. The first-order valence-electron chi connectivity index (χ1n) is 9.93. The molecule has 0 radical (unpaired) electrons. The molecule has 2 aromatic heterocycles. The number of hydrogen-bond donors (Lipinski definition) is 2. The SMILES string of the molecule is CCOC(=N)c1ccc(-c2cnc3[nH]c(=O)n(CC4CCCCC4)c3n2)cc1.Cl. The summed E-state index contributed by atoms with van der Waals surface area (Å²) in [6, 6.07) is 7.47. The summed E-state index contributed by atoms with van der Waals surface area (Å²) in [5.74, 6) is 0.683. The molecule has 0 spiro atoms. The van der Waals surface area contributed by atoms with Gasteiger partial charge in [-0.3, -0.25) is 15.0 Å². The summed E-state index contributed by atoms with van der Waals surface area (Å²) in [6.07, 6.45) is 7.77. The van der Waals surface area contributed by atoms with Crippen LogP contribution in [0.4, 0.5) is 0 Å². The molecule has 1 aliphatic carbocycles. The lowest BCUT2D eigenvalue weighted by Gasteiger charge is -2.21. The van der Waals surface area contributed by atoms with E-state index in [1.54, 1.807) is 10.8 Å².